The number of hydrogen-bond donors (Lipinski definition) is 3. The molecule has 0 bridgehead atoms. The van der Waals surface area contributed by atoms with E-state index in [0.717, 1.165) is 5.56 Å². The number of halogens is 1. The van der Waals surface area contributed by atoms with Crippen molar-refractivity contribution in [3.05, 3.63) is 58.6 Å². The Morgan fingerprint density at radius 3 is 2.68 bits per heavy atom. The fourth-order valence-corrected chi connectivity index (χ4v) is 1.88. The molecule has 2 aromatic carbocycles. The van der Waals surface area contributed by atoms with E-state index in [4.69, 9.17) is 22.4 Å². The van der Waals surface area contributed by atoms with E-state index in [-0.39, 0.29) is 5.56 Å². The molecule has 0 unspecified atom stereocenters. The van der Waals surface area contributed by atoms with Crippen LogP contribution in [-0.2, 0) is 6.54 Å². The van der Waals surface area contributed by atoms with Crippen molar-refractivity contribution in [1.82, 2.24) is 0 Å². The average Bonchev–Trinajstić information content (AvgIpc) is 2.39. The van der Waals surface area contributed by atoms with Crippen molar-refractivity contribution >= 4 is 28.9 Å². The van der Waals surface area contributed by atoms with Gasteiger partial charge in [-0.3, -0.25) is 0 Å². The molecule has 4 N–H and O–H groups in total. The number of benzene rings is 2. The molecule has 5 heteroatoms. The number of nitrogen functional groups attached to an aromatic ring is 1. The average molecular weight is 277 g/mol. The molecule has 0 saturated heterocycles. The van der Waals surface area contributed by atoms with E-state index in [9.17, 15) is 4.79 Å². The zero-order valence-electron chi connectivity index (χ0n) is 10.1. The van der Waals surface area contributed by atoms with E-state index in [1.165, 1.54) is 12.1 Å². The Hall–Kier alpha value is -2.20. The minimum atomic E-state index is -0.985. The summed E-state index contributed by atoms with van der Waals surface area (Å²) in [5.74, 6) is -0.985. The Morgan fingerprint density at radius 1 is 1.26 bits per heavy atom. The van der Waals surface area contributed by atoms with Gasteiger partial charge in [0.1, 0.15) is 0 Å². The molecule has 98 valence electrons. The molecule has 0 saturated carbocycles. The first kappa shape index (κ1) is 13.2. The Balaban J connectivity index is 2.17. The number of nitrogens with one attached hydrogen (secondary N) is 1. The van der Waals surface area contributed by atoms with E-state index in [1.54, 1.807) is 12.1 Å². The Kier molecular flexibility index (Phi) is 3.92. The van der Waals surface area contributed by atoms with E-state index >= 15 is 0 Å². The lowest BCUT2D eigenvalue weighted by Crippen LogP contribution is -2.05. The molecule has 0 heterocycles. The van der Waals surface area contributed by atoms with Crippen LogP contribution >= 0.6 is 11.6 Å². The number of carbonyl (C=O) groups is 1. The standard InChI is InChI=1S/C14H13ClN2O2/c15-11-4-2-1-3-10(11)8-17-13-7-9(14(18)19)5-6-12(13)16/h1-7,17H,8,16H2,(H,18,19). The molecule has 0 fully saturated rings. The smallest absolute Gasteiger partial charge is 0.335 e. The normalized spacial score (nSPS) is 10.2. The lowest BCUT2D eigenvalue weighted by atomic mass is 10.1. The van der Waals surface area contributed by atoms with Crippen LogP contribution in [0.3, 0.4) is 0 Å². The number of carboxylic acids is 1. The van der Waals surface area contributed by atoms with Crippen molar-refractivity contribution in [2.45, 2.75) is 6.54 Å². The lowest BCUT2D eigenvalue weighted by Gasteiger charge is -2.11. The maximum absolute atomic E-state index is 10.9. The van der Waals surface area contributed by atoms with Crippen molar-refractivity contribution in [2.75, 3.05) is 11.1 Å². The molecule has 4 nitrogen and oxygen atoms in total. The minimum Gasteiger partial charge on any atom is -0.478 e. The first-order valence-electron chi connectivity index (χ1n) is 5.68. The summed E-state index contributed by atoms with van der Waals surface area (Å²) in [5.41, 5.74) is 8.00. The van der Waals surface area contributed by atoms with Gasteiger partial charge in [-0.2, -0.15) is 0 Å². The van der Waals surface area contributed by atoms with Crippen LogP contribution in [0.25, 0.3) is 0 Å². The summed E-state index contributed by atoms with van der Waals surface area (Å²) >= 11 is 6.05. The molecular weight excluding hydrogens is 264 g/mol. The summed E-state index contributed by atoms with van der Waals surface area (Å²) in [5, 5.41) is 12.7. The second-order valence-corrected chi connectivity index (χ2v) is 4.46. The number of anilines is 2. The summed E-state index contributed by atoms with van der Waals surface area (Å²) in [4.78, 5) is 10.9. The summed E-state index contributed by atoms with van der Waals surface area (Å²) in [7, 11) is 0. The molecule has 0 aromatic heterocycles. The first-order valence-corrected chi connectivity index (χ1v) is 6.06. The monoisotopic (exact) mass is 276 g/mol. The molecule has 0 amide bonds. The largest absolute Gasteiger partial charge is 0.478 e. The molecule has 0 spiro atoms. The zero-order valence-corrected chi connectivity index (χ0v) is 10.8. The molecule has 0 aliphatic heterocycles. The lowest BCUT2D eigenvalue weighted by molar-refractivity contribution is 0.0697. The van der Waals surface area contributed by atoms with Crippen LogP contribution in [0, 0.1) is 0 Å². The number of carboxylic acid groups (broad SMARTS) is 1. The Bertz CT molecular complexity index is 614. The predicted octanol–water partition coefficient (Wildman–Crippen LogP) is 3.23. The van der Waals surface area contributed by atoms with Crippen LogP contribution in [0.15, 0.2) is 42.5 Å². The van der Waals surface area contributed by atoms with Gasteiger partial charge in [-0.15, -0.1) is 0 Å². The third-order valence-electron chi connectivity index (χ3n) is 2.73. The maximum atomic E-state index is 10.9. The quantitative estimate of drug-likeness (QED) is 0.750. The second-order valence-electron chi connectivity index (χ2n) is 4.05. The third-order valence-corrected chi connectivity index (χ3v) is 3.10. The highest BCUT2D eigenvalue weighted by Crippen LogP contribution is 2.22. The van der Waals surface area contributed by atoms with Gasteiger partial charge in [0.25, 0.3) is 0 Å². The highest BCUT2D eigenvalue weighted by Gasteiger charge is 2.07. The van der Waals surface area contributed by atoms with Crippen LogP contribution in [0.1, 0.15) is 15.9 Å². The van der Waals surface area contributed by atoms with Gasteiger partial charge < -0.3 is 16.2 Å². The number of aromatic carboxylic acids is 1. The molecule has 0 atom stereocenters. The number of rotatable bonds is 4. The van der Waals surface area contributed by atoms with Gasteiger partial charge in [0, 0.05) is 11.6 Å². The van der Waals surface area contributed by atoms with Crippen LogP contribution in [0.2, 0.25) is 5.02 Å². The van der Waals surface area contributed by atoms with E-state index < -0.39 is 5.97 Å². The summed E-state index contributed by atoms with van der Waals surface area (Å²) < 4.78 is 0. The minimum absolute atomic E-state index is 0.191. The molecular formula is C14H13ClN2O2. The molecule has 0 radical (unpaired) electrons. The van der Waals surface area contributed by atoms with E-state index in [0.29, 0.717) is 22.9 Å². The summed E-state index contributed by atoms with van der Waals surface area (Å²) in [6.45, 7) is 0.479. The zero-order chi connectivity index (χ0) is 13.8. The third kappa shape index (κ3) is 3.17. The van der Waals surface area contributed by atoms with Gasteiger partial charge in [-0.1, -0.05) is 29.8 Å². The molecule has 0 aliphatic carbocycles. The van der Waals surface area contributed by atoms with Gasteiger partial charge >= 0.3 is 5.97 Å². The first-order chi connectivity index (χ1) is 9.08. The van der Waals surface area contributed by atoms with Gasteiger partial charge in [0.05, 0.1) is 16.9 Å². The van der Waals surface area contributed by atoms with Gasteiger partial charge in [-0.25, -0.2) is 4.79 Å². The molecule has 2 rings (SSSR count). The fourth-order valence-electron chi connectivity index (χ4n) is 1.67. The summed E-state index contributed by atoms with van der Waals surface area (Å²) in [6, 6.07) is 12.0. The number of hydrogen-bond acceptors (Lipinski definition) is 3. The van der Waals surface area contributed by atoms with Gasteiger partial charge in [-0.05, 0) is 29.8 Å². The fraction of sp³-hybridized carbons (Fsp3) is 0.0714. The van der Waals surface area contributed by atoms with Crippen molar-refractivity contribution in [3.63, 3.8) is 0 Å². The highest BCUT2D eigenvalue weighted by atomic mass is 35.5. The van der Waals surface area contributed by atoms with Crippen molar-refractivity contribution in [2.24, 2.45) is 0 Å². The van der Waals surface area contributed by atoms with Crippen LogP contribution in [0.4, 0.5) is 11.4 Å². The van der Waals surface area contributed by atoms with Crippen molar-refractivity contribution in [3.8, 4) is 0 Å². The topological polar surface area (TPSA) is 75.4 Å². The SMILES string of the molecule is Nc1ccc(C(=O)O)cc1NCc1ccccc1Cl. The van der Waals surface area contributed by atoms with Gasteiger partial charge in [0.2, 0.25) is 0 Å². The van der Waals surface area contributed by atoms with Crippen LogP contribution in [0.5, 0.6) is 0 Å². The molecule has 0 aliphatic rings. The summed E-state index contributed by atoms with van der Waals surface area (Å²) in [6.07, 6.45) is 0. The second kappa shape index (κ2) is 5.63. The number of nitrogens with two attached hydrogens (primary N) is 1. The van der Waals surface area contributed by atoms with Crippen LogP contribution < -0.4 is 11.1 Å². The van der Waals surface area contributed by atoms with Crippen molar-refractivity contribution < 1.29 is 9.90 Å². The Morgan fingerprint density at radius 2 is 2.00 bits per heavy atom. The maximum Gasteiger partial charge on any atom is 0.335 e. The molecule has 2 aromatic rings. The van der Waals surface area contributed by atoms with E-state index in [2.05, 4.69) is 5.32 Å². The van der Waals surface area contributed by atoms with Gasteiger partial charge in [0.15, 0.2) is 0 Å². The van der Waals surface area contributed by atoms with Crippen LogP contribution in [-0.4, -0.2) is 11.1 Å². The predicted molar refractivity (Wildman–Crippen MR) is 76.6 cm³/mol. The Labute approximate surface area is 115 Å². The highest BCUT2D eigenvalue weighted by molar-refractivity contribution is 6.31. The molecule has 19 heavy (non-hydrogen) atoms. The van der Waals surface area contributed by atoms with E-state index in [1.807, 2.05) is 18.2 Å². The van der Waals surface area contributed by atoms with Crippen molar-refractivity contribution in [1.29, 1.82) is 0 Å².